The van der Waals surface area contributed by atoms with E-state index in [0.717, 1.165) is 30.9 Å². The van der Waals surface area contributed by atoms with Crippen LogP contribution >= 0.6 is 0 Å². The summed E-state index contributed by atoms with van der Waals surface area (Å²) in [7, 11) is 0. The van der Waals surface area contributed by atoms with Crippen molar-refractivity contribution in [3.8, 4) is 5.75 Å². The lowest BCUT2D eigenvalue weighted by Gasteiger charge is -2.49. The van der Waals surface area contributed by atoms with Gasteiger partial charge < -0.3 is 15.0 Å². The van der Waals surface area contributed by atoms with Crippen LogP contribution in [-0.2, 0) is 6.42 Å². The highest BCUT2D eigenvalue weighted by atomic mass is 16.5. The number of anilines is 1. The minimum absolute atomic E-state index is 0.0248. The molecule has 5 nitrogen and oxygen atoms in total. The molecule has 3 heterocycles. The number of ether oxygens (including phenoxy) is 1. The second kappa shape index (κ2) is 9.30. The van der Waals surface area contributed by atoms with Crippen LogP contribution in [0, 0.1) is 23.7 Å². The highest BCUT2D eigenvalue weighted by molar-refractivity contribution is 6.12. The Morgan fingerprint density at radius 1 is 1.12 bits per heavy atom. The Labute approximate surface area is 196 Å². The highest BCUT2D eigenvalue weighted by Crippen LogP contribution is 2.43. The van der Waals surface area contributed by atoms with E-state index < -0.39 is 0 Å². The second-order valence-electron chi connectivity index (χ2n) is 9.89. The average molecular weight is 447 g/mol. The molecular formula is C28H34N2O3. The van der Waals surface area contributed by atoms with Crippen LogP contribution in [0.4, 0.5) is 5.69 Å². The number of fused-ring (bicyclic) bond motifs is 4. The first-order valence-corrected chi connectivity index (χ1v) is 12.5. The van der Waals surface area contributed by atoms with Gasteiger partial charge in [-0.25, -0.2) is 0 Å². The summed E-state index contributed by atoms with van der Waals surface area (Å²) in [5, 5.41) is 3.03. The van der Waals surface area contributed by atoms with Crippen LogP contribution in [-0.4, -0.2) is 42.8 Å². The Kier molecular flexibility index (Phi) is 6.24. The number of amides is 1. The minimum atomic E-state index is -0.243. The van der Waals surface area contributed by atoms with Crippen molar-refractivity contribution in [1.29, 1.82) is 0 Å². The normalized spacial score (nSPS) is 27.0. The van der Waals surface area contributed by atoms with Crippen molar-refractivity contribution in [2.45, 2.75) is 39.5 Å². The van der Waals surface area contributed by atoms with Gasteiger partial charge >= 0.3 is 0 Å². The van der Waals surface area contributed by atoms with Crippen LogP contribution < -0.4 is 10.1 Å². The van der Waals surface area contributed by atoms with Crippen molar-refractivity contribution in [2.75, 3.05) is 31.6 Å². The van der Waals surface area contributed by atoms with Crippen LogP contribution in [0.15, 0.2) is 42.5 Å². The molecule has 3 atom stereocenters. The van der Waals surface area contributed by atoms with Gasteiger partial charge in [0.25, 0.3) is 5.91 Å². The topological polar surface area (TPSA) is 58.6 Å². The molecule has 4 aliphatic rings. The molecule has 1 aliphatic carbocycles. The molecule has 3 saturated heterocycles. The highest BCUT2D eigenvalue weighted by Gasteiger charge is 2.43. The molecule has 0 spiro atoms. The van der Waals surface area contributed by atoms with Crippen molar-refractivity contribution in [3.63, 3.8) is 0 Å². The maximum absolute atomic E-state index is 13.8. The molecule has 1 N–H and O–H groups in total. The maximum atomic E-state index is 13.8. The molecule has 5 heteroatoms. The number of piperidine rings is 3. The third kappa shape index (κ3) is 4.19. The third-order valence-electron chi connectivity index (χ3n) is 8.16. The molecule has 2 bridgehead atoms. The number of ketones is 1. The van der Waals surface area contributed by atoms with Crippen molar-refractivity contribution in [2.24, 2.45) is 23.7 Å². The molecule has 3 unspecified atom stereocenters. The van der Waals surface area contributed by atoms with Gasteiger partial charge in [-0.15, -0.1) is 0 Å². The lowest BCUT2D eigenvalue weighted by atomic mass is 9.65. The summed E-state index contributed by atoms with van der Waals surface area (Å²) >= 11 is 0. The van der Waals surface area contributed by atoms with Crippen LogP contribution in [0.1, 0.15) is 59.4 Å². The van der Waals surface area contributed by atoms with Crippen LogP contribution in [0.5, 0.6) is 5.75 Å². The maximum Gasteiger partial charge on any atom is 0.259 e. The van der Waals surface area contributed by atoms with E-state index in [4.69, 9.17) is 4.74 Å². The van der Waals surface area contributed by atoms with Gasteiger partial charge in [-0.2, -0.15) is 0 Å². The molecule has 1 amide bonds. The van der Waals surface area contributed by atoms with E-state index in [1.54, 1.807) is 12.1 Å². The summed E-state index contributed by atoms with van der Waals surface area (Å²) in [6.45, 7) is 8.25. The summed E-state index contributed by atoms with van der Waals surface area (Å²) in [6.07, 6.45) is 4.33. The number of benzene rings is 2. The fourth-order valence-corrected chi connectivity index (χ4v) is 6.36. The lowest BCUT2D eigenvalue weighted by molar-refractivity contribution is 0.00757. The molecule has 174 valence electrons. The SMILES string of the molecule is CCOc1ccccc1C(=O)Nc1cccc2c1C(=O)C(C(C)C1CN3CCC1CC3)CC2. The van der Waals surface area contributed by atoms with Gasteiger partial charge in [0.15, 0.2) is 5.78 Å². The lowest BCUT2D eigenvalue weighted by Crippen LogP contribution is -2.51. The van der Waals surface area contributed by atoms with E-state index in [1.165, 1.54) is 25.9 Å². The Bertz CT molecular complexity index is 1040. The summed E-state index contributed by atoms with van der Waals surface area (Å²) in [6, 6.07) is 13.1. The molecule has 6 rings (SSSR count). The number of para-hydroxylation sites is 1. The number of aryl methyl sites for hydroxylation is 1. The predicted molar refractivity (Wildman–Crippen MR) is 130 cm³/mol. The number of nitrogens with zero attached hydrogens (tertiary/aromatic N) is 1. The van der Waals surface area contributed by atoms with Crippen molar-refractivity contribution in [1.82, 2.24) is 4.90 Å². The smallest absolute Gasteiger partial charge is 0.259 e. The quantitative estimate of drug-likeness (QED) is 0.674. The molecule has 3 fully saturated rings. The van der Waals surface area contributed by atoms with E-state index in [1.807, 2.05) is 37.3 Å². The monoisotopic (exact) mass is 446 g/mol. The summed E-state index contributed by atoms with van der Waals surface area (Å²) in [5.41, 5.74) is 2.87. The van der Waals surface area contributed by atoms with Gasteiger partial charge in [0.05, 0.1) is 17.9 Å². The zero-order valence-corrected chi connectivity index (χ0v) is 19.7. The summed E-state index contributed by atoms with van der Waals surface area (Å²) in [4.78, 5) is 29.5. The van der Waals surface area contributed by atoms with Crippen LogP contribution in [0.3, 0.4) is 0 Å². The van der Waals surface area contributed by atoms with Crippen LogP contribution in [0.25, 0.3) is 0 Å². The van der Waals surface area contributed by atoms with E-state index in [9.17, 15) is 9.59 Å². The zero-order chi connectivity index (χ0) is 22.9. The first-order valence-electron chi connectivity index (χ1n) is 12.5. The fraction of sp³-hybridized carbons (Fsp3) is 0.500. The van der Waals surface area contributed by atoms with Crippen molar-refractivity contribution in [3.05, 3.63) is 59.2 Å². The van der Waals surface area contributed by atoms with Gasteiger partial charge in [-0.3, -0.25) is 9.59 Å². The van der Waals surface area contributed by atoms with Gasteiger partial charge in [-0.1, -0.05) is 31.2 Å². The minimum Gasteiger partial charge on any atom is -0.493 e. The molecule has 0 aromatic heterocycles. The first kappa shape index (κ1) is 22.1. The largest absolute Gasteiger partial charge is 0.493 e. The van der Waals surface area contributed by atoms with E-state index >= 15 is 0 Å². The Morgan fingerprint density at radius 2 is 1.91 bits per heavy atom. The fourth-order valence-electron chi connectivity index (χ4n) is 6.36. The molecule has 2 aromatic carbocycles. The average Bonchev–Trinajstić information content (AvgIpc) is 2.85. The third-order valence-corrected chi connectivity index (χ3v) is 8.16. The predicted octanol–water partition coefficient (Wildman–Crippen LogP) is 5.06. The Hall–Kier alpha value is -2.66. The summed E-state index contributed by atoms with van der Waals surface area (Å²) < 4.78 is 5.64. The zero-order valence-electron chi connectivity index (χ0n) is 19.7. The second-order valence-corrected chi connectivity index (χ2v) is 9.89. The molecule has 3 aliphatic heterocycles. The van der Waals surface area contributed by atoms with Crippen molar-refractivity contribution < 1.29 is 14.3 Å². The van der Waals surface area contributed by atoms with Gasteiger partial charge in [-0.05, 0) is 87.2 Å². The molecule has 0 radical (unpaired) electrons. The number of nitrogens with one attached hydrogen (secondary N) is 1. The number of hydrogen-bond acceptors (Lipinski definition) is 4. The first-order chi connectivity index (χ1) is 16.1. The number of rotatable bonds is 6. The van der Waals surface area contributed by atoms with E-state index in [-0.39, 0.29) is 17.6 Å². The standard InChI is InChI=1S/C28H34N2O3/c1-3-33-25-10-5-4-8-22(25)28(32)29-24-9-6-7-20-11-12-21(27(31)26(20)24)18(2)23-17-30-15-13-19(23)14-16-30/h4-10,18-19,21,23H,3,11-17H2,1-2H3,(H,29,32). The van der Waals surface area contributed by atoms with E-state index in [2.05, 4.69) is 17.1 Å². The van der Waals surface area contributed by atoms with Gasteiger partial charge in [0, 0.05) is 18.0 Å². The number of carbonyl (C=O) groups is 2. The van der Waals surface area contributed by atoms with Crippen molar-refractivity contribution >= 4 is 17.4 Å². The molecule has 2 aromatic rings. The molecule has 0 saturated carbocycles. The number of carbonyl (C=O) groups excluding carboxylic acids is 2. The van der Waals surface area contributed by atoms with Gasteiger partial charge in [0.2, 0.25) is 0 Å². The Balaban J connectivity index is 1.39. The number of hydrogen-bond donors (Lipinski definition) is 1. The molecular weight excluding hydrogens is 412 g/mol. The van der Waals surface area contributed by atoms with Crippen LogP contribution in [0.2, 0.25) is 0 Å². The number of Topliss-reactive ketones (excluding diaryl/α,β-unsaturated/α-hetero) is 1. The Morgan fingerprint density at radius 3 is 2.64 bits per heavy atom. The summed E-state index contributed by atoms with van der Waals surface area (Å²) in [5.74, 6) is 2.26. The van der Waals surface area contributed by atoms with Gasteiger partial charge in [0.1, 0.15) is 5.75 Å². The molecule has 33 heavy (non-hydrogen) atoms. The van der Waals surface area contributed by atoms with E-state index in [0.29, 0.717) is 41.0 Å².